The monoisotopic (exact) mass is 300 g/mol. The third-order valence-corrected chi connectivity index (χ3v) is 5.29. The molecule has 2 saturated heterocycles. The predicted molar refractivity (Wildman–Crippen MR) is 90.0 cm³/mol. The van der Waals surface area contributed by atoms with Gasteiger partial charge in [0.1, 0.15) is 0 Å². The number of carbonyl (C=O) groups excluding carboxylic acids is 1. The van der Waals surface area contributed by atoms with Gasteiger partial charge < -0.3 is 4.90 Å². The van der Waals surface area contributed by atoms with Crippen molar-refractivity contribution >= 4 is 5.91 Å². The van der Waals surface area contributed by atoms with E-state index in [2.05, 4.69) is 16.7 Å². The fourth-order valence-electron chi connectivity index (χ4n) is 4.09. The molecule has 3 rings (SSSR count). The molecule has 3 nitrogen and oxygen atoms in total. The second kappa shape index (κ2) is 7.28. The molecule has 2 fully saturated rings. The molecule has 0 aromatic heterocycles. The predicted octanol–water partition coefficient (Wildman–Crippen LogP) is 3.41. The fourth-order valence-corrected chi connectivity index (χ4v) is 4.09. The van der Waals surface area contributed by atoms with Crippen LogP contribution in [0.25, 0.3) is 0 Å². The van der Waals surface area contributed by atoms with Crippen molar-refractivity contribution < 1.29 is 4.79 Å². The molecule has 0 unspecified atom stereocenters. The summed E-state index contributed by atoms with van der Waals surface area (Å²) in [6.07, 6.45) is 6.29. The van der Waals surface area contributed by atoms with Crippen molar-refractivity contribution in [1.29, 1.82) is 0 Å². The van der Waals surface area contributed by atoms with Gasteiger partial charge in [0.25, 0.3) is 5.91 Å². The Morgan fingerprint density at radius 2 is 2.00 bits per heavy atom. The molecule has 0 N–H and O–H groups in total. The van der Waals surface area contributed by atoms with Gasteiger partial charge in [-0.1, -0.05) is 31.5 Å². The van der Waals surface area contributed by atoms with Crippen LogP contribution in [0.5, 0.6) is 0 Å². The minimum atomic E-state index is 0.213. The smallest absolute Gasteiger partial charge is 0.253 e. The van der Waals surface area contributed by atoms with Crippen LogP contribution in [-0.4, -0.2) is 47.9 Å². The van der Waals surface area contributed by atoms with E-state index < -0.39 is 0 Å². The number of carbonyl (C=O) groups is 1. The van der Waals surface area contributed by atoms with Gasteiger partial charge in [0.2, 0.25) is 0 Å². The molecule has 22 heavy (non-hydrogen) atoms. The molecule has 3 heteroatoms. The van der Waals surface area contributed by atoms with Gasteiger partial charge in [-0.2, -0.15) is 0 Å². The van der Waals surface area contributed by atoms with Gasteiger partial charge in [0.05, 0.1) is 0 Å². The molecule has 2 aliphatic heterocycles. The lowest BCUT2D eigenvalue weighted by atomic mass is 9.83. The summed E-state index contributed by atoms with van der Waals surface area (Å²) in [5, 5.41) is 0. The highest BCUT2D eigenvalue weighted by Gasteiger charge is 2.36. The van der Waals surface area contributed by atoms with Crippen molar-refractivity contribution in [2.24, 2.45) is 5.92 Å². The maximum atomic E-state index is 12.6. The SMILES string of the molecule is CCCCN1CCC[C@@H]2CN(C(=O)c3ccccc3)CC[C@@H]21. The van der Waals surface area contributed by atoms with Crippen molar-refractivity contribution in [2.45, 2.75) is 45.1 Å². The Kier molecular flexibility index (Phi) is 5.14. The summed E-state index contributed by atoms with van der Waals surface area (Å²) in [6, 6.07) is 10.4. The number of hydrogen-bond acceptors (Lipinski definition) is 2. The van der Waals surface area contributed by atoms with Gasteiger partial charge in [-0.25, -0.2) is 0 Å². The number of fused-ring (bicyclic) bond motifs is 1. The molecular formula is C19H28N2O. The Hall–Kier alpha value is -1.35. The van der Waals surface area contributed by atoms with Crippen molar-refractivity contribution in [1.82, 2.24) is 9.80 Å². The van der Waals surface area contributed by atoms with E-state index in [1.165, 1.54) is 38.8 Å². The first-order valence-electron chi connectivity index (χ1n) is 8.88. The summed E-state index contributed by atoms with van der Waals surface area (Å²) < 4.78 is 0. The second-order valence-electron chi connectivity index (χ2n) is 6.77. The quantitative estimate of drug-likeness (QED) is 0.850. The van der Waals surface area contributed by atoms with Gasteiger partial charge in [-0.05, 0) is 56.8 Å². The number of piperidine rings is 2. The Labute approximate surface area is 134 Å². The highest BCUT2D eigenvalue weighted by molar-refractivity contribution is 5.94. The Balaban J connectivity index is 1.63. The first kappa shape index (κ1) is 15.5. The molecule has 0 aliphatic carbocycles. The molecule has 2 heterocycles. The fraction of sp³-hybridized carbons (Fsp3) is 0.632. The number of rotatable bonds is 4. The van der Waals surface area contributed by atoms with Gasteiger partial charge in [-0.3, -0.25) is 9.69 Å². The van der Waals surface area contributed by atoms with Crippen LogP contribution >= 0.6 is 0 Å². The van der Waals surface area contributed by atoms with E-state index in [1.807, 2.05) is 30.3 Å². The molecule has 0 saturated carbocycles. The second-order valence-corrected chi connectivity index (χ2v) is 6.77. The van der Waals surface area contributed by atoms with Crippen LogP contribution in [0.4, 0.5) is 0 Å². The van der Waals surface area contributed by atoms with Crippen molar-refractivity contribution in [3.05, 3.63) is 35.9 Å². The zero-order valence-corrected chi connectivity index (χ0v) is 13.7. The number of nitrogens with zero attached hydrogens (tertiary/aromatic N) is 2. The molecule has 2 aliphatic rings. The Morgan fingerprint density at radius 1 is 1.18 bits per heavy atom. The number of benzene rings is 1. The average molecular weight is 300 g/mol. The molecule has 0 spiro atoms. The van der Waals surface area contributed by atoms with Crippen LogP contribution in [-0.2, 0) is 0 Å². The summed E-state index contributed by atoms with van der Waals surface area (Å²) in [5.41, 5.74) is 0.833. The molecule has 0 bridgehead atoms. The normalized spacial score (nSPS) is 25.8. The Morgan fingerprint density at radius 3 is 2.77 bits per heavy atom. The molecule has 0 radical (unpaired) electrons. The lowest BCUT2D eigenvalue weighted by Crippen LogP contribution is -2.55. The highest BCUT2D eigenvalue weighted by Crippen LogP contribution is 2.31. The topological polar surface area (TPSA) is 23.6 Å². The molecule has 120 valence electrons. The zero-order valence-electron chi connectivity index (χ0n) is 13.7. The first-order chi connectivity index (χ1) is 10.8. The van der Waals surface area contributed by atoms with Gasteiger partial charge in [0.15, 0.2) is 0 Å². The van der Waals surface area contributed by atoms with E-state index in [4.69, 9.17) is 0 Å². The van der Waals surface area contributed by atoms with Crippen molar-refractivity contribution in [3.63, 3.8) is 0 Å². The third kappa shape index (κ3) is 3.35. The largest absolute Gasteiger partial charge is 0.338 e. The van der Waals surface area contributed by atoms with Crippen LogP contribution in [0.15, 0.2) is 30.3 Å². The molecule has 1 amide bonds. The van der Waals surface area contributed by atoms with Gasteiger partial charge in [-0.15, -0.1) is 0 Å². The summed E-state index contributed by atoms with van der Waals surface area (Å²) in [7, 11) is 0. The van der Waals surface area contributed by atoms with Crippen LogP contribution < -0.4 is 0 Å². The minimum Gasteiger partial charge on any atom is -0.338 e. The van der Waals surface area contributed by atoms with E-state index >= 15 is 0 Å². The van der Waals surface area contributed by atoms with E-state index in [9.17, 15) is 4.79 Å². The minimum absolute atomic E-state index is 0.213. The van der Waals surface area contributed by atoms with E-state index in [0.29, 0.717) is 12.0 Å². The highest BCUT2D eigenvalue weighted by atomic mass is 16.2. The van der Waals surface area contributed by atoms with Crippen molar-refractivity contribution in [3.8, 4) is 0 Å². The molecular weight excluding hydrogens is 272 g/mol. The molecule has 2 atom stereocenters. The lowest BCUT2D eigenvalue weighted by molar-refractivity contribution is 0.0206. The van der Waals surface area contributed by atoms with Crippen LogP contribution in [0.1, 0.15) is 49.4 Å². The van der Waals surface area contributed by atoms with Crippen LogP contribution in [0.2, 0.25) is 0 Å². The zero-order chi connectivity index (χ0) is 15.4. The maximum Gasteiger partial charge on any atom is 0.253 e. The molecule has 1 aromatic rings. The van der Waals surface area contributed by atoms with Crippen LogP contribution in [0, 0.1) is 5.92 Å². The lowest BCUT2D eigenvalue weighted by Gasteiger charge is -2.47. The summed E-state index contributed by atoms with van der Waals surface area (Å²) in [4.78, 5) is 17.4. The number of unbranched alkanes of at least 4 members (excludes halogenated alkanes) is 1. The molecule has 1 aromatic carbocycles. The van der Waals surface area contributed by atoms with E-state index in [-0.39, 0.29) is 5.91 Å². The summed E-state index contributed by atoms with van der Waals surface area (Å²) in [6.45, 7) is 6.62. The van der Waals surface area contributed by atoms with E-state index in [1.54, 1.807) is 0 Å². The third-order valence-electron chi connectivity index (χ3n) is 5.29. The number of amides is 1. The Bertz CT molecular complexity index is 487. The summed E-state index contributed by atoms with van der Waals surface area (Å²) >= 11 is 0. The number of likely N-dealkylation sites (tertiary alicyclic amines) is 2. The summed E-state index contributed by atoms with van der Waals surface area (Å²) in [5.74, 6) is 0.886. The van der Waals surface area contributed by atoms with Crippen molar-refractivity contribution in [2.75, 3.05) is 26.2 Å². The average Bonchev–Trinajstić information content (AvgIpc) is 2.59. The standard InChI is InChI=1S/C19H28N2O/c1-2-3-12-20-13-7-10-17-15-21(14-11-18(17)20)19(22)16-8-5-4-6-9-16/h4-6,8-9,17-18H,2-3,7,10-15H2,1H3/t17-,18+/m1/s1. The maximum absolute atomic E-state index is 12.6. The van der Waals surface area contributed by atoms with Gasteiger partial charge in [0, 0.05) is 24.7 Å². The van der Waals surface area contributed by atoms with E-state index in [0.717, 1.165) is 25.1 Å². The first-order valence-corrected chi connectivity index (χ1v) is 8.88. The van der Waals surface area contributed by atoms with Gasteiger partial charge >= 0.3 is 0 Å². The van der Waals surface area contributed by atoms with Crippen LogP contribution in [0.3, 0.4) is 0 Å². The number of hydrogen-bond donors (Lipinski definition) is 0.